The molecule has 0 bridgehead atoms. The molecule has 0 saturated heterocycles. The molecule has 0 saturated carbocycles. The molecule has 0 aliphatic carbocycles. The molecular formula is C20H19N2NaO4. The van der Waals surface area contributed by atoms with Gasteiger partial charge in [0.2, 0.25) is 0 Å². The Bertz CT molecular complexity index is 934. The zero-order valence-electron chi connectivity index (χ0n) is 15.3. The number of carbonyl (C=O) groups is 1. The zero-order valence-corrected chi connectivity index (χ0v) is 17.3. The first-order valence-electron chi connectivity index (χ1n) is 8.24. The van der Waals surface area contributed by atoms with Crippen LogP contribution in [0.3, 0.4) is 0 Å². The van der Waals surface area contributed by atoms with Crippen LogP contribution < -0.4 is 39.4 Å². The van der Waals surface area contributed by atoms with Crippen molar-refractivity contribution >= 4 is 22.8 Å². The molecule has 3 aromatic rings. The number of rotatable bonds is 7. The second-order valence-corrected chi connectivity index (χ2v) is 6.00. The summed E-state index contributed by atoms with van der Waals surface area (Å²) >= 11 is 0. The molecule has 0 unspecified atom stereocenters. The van der Waals surface area contributed by atoms with E-state index in [-0.39, 0.29) is 36.0 Å². The quantitative estimate of drug-likeness (QED) is 0.332. The molecule has 6 nitrogen and oxygen atoms in total. The van der Waals surface area contributed by atoms with Gasteiger partial charge in [-0.05, 0) is 42.1 Å². The van der Waals surface area contributed by atoms with Crippen LogP contribution in [0.5, 0.6) is 5.75 Å². The van der Waals surface area contributed by atoms with Gasteiger partial charge in [0.05, 0.1) is 0 Å². The minimum atomic E-state index is -1.12. The Kier molecular flexibility index (Phi) is 7.47. The van der Waals surface area contributed by atoms with Crippen LogP contribution in [0.4, 0.5) is 0 Å². The maximum absolute atomic E-state index is 11.3. The van der Waals surface area contributed by atoms with Gasteiger partial charge < -0.3 is 19.9 Å². The van der Waals surface area contributed by atoms with Gasteiger partial charge in [0.15, 0.2) is 0 Å². The van der Waals surface area contributed by atoms with Crippen molar-refractivity contribution in [3.05, 3.63) is 65.9 Å². The molecule has 1 atom stereocenters. The van der Waals surface area contributed by atoms with E-state index < -0.39 is 17.9 Å². The van der Waals surface area contributed by atoms with Gasteiger partial charge in [-0.25, -0.2) is 4.79 Å². The third-order valence-corrected chi connectivity index (χ3v) is 4.02. The normalized spacial score (nSPS) is 12.4. The van der Waals surface area contributed by atoms with Crippen LogP contribution in [0.25, 0.3) is 10.9 Å². The molecule has 0 fully saturated rings. The fourth-order valence-electron chi connectivity index (χ4n) is 2.77. The van der Waals surface area contributed by atoms with Crippen molar-refractivity contribution < 1.29 is 49.3 Å². The summed E-state index contributed by atoms with van der Waals surface area (Å²) in [6, 6.07) is 14.4. The van der Waals surface area contributed by atoms with E-state index >= 15 is 0 Å². The maximum Gasteiger partial charge on any atom is 1.00 e. The summed E-state index contributed by atoms with van der Waals surface area (Å²) < 4.78 is 5.83. The fourth-order valence-corrected chi connectivity index (χ4v) is 2.77. The number of H-pyrrole nitrogens is 1. The van der Waals surface area contributed by atoms with E-state index in [1.54, 1.807) is 6.20 Å². The van der Waals surface area contributed by atoms with Gasteiger partial charge in [-0.3, -0.25) is 4.99 Å². The molecule has 0 amide bonds. The van der Waals surface area contributed by atoms with Crippen LogP contribution in [-0.2, 0) is 17.8 Å². The first-order valence-corrected chi connectivity index (χ1v) is 8.24. The predicted molar refractivity (Wildman–Crippen MR) is 97.3 cm³/mol. The van der Waals surface area contributed by atoms with E-state index in [1.165, 1.54) is 6.92 Å². The molecule has 7 heteroatoms. The van der Waals surface area contributed by atoms with Gasteiger partial charge in [-0.2, -0.15) is 0 Å². The summed E-state index contributed by atoms with van der Waals surface area (Å²) in [6.45, 7) is 1.70. The van der Waals surface area contributed by atoms with E-state index in [0.717, 1.165) is 22.0 Å². The molecule has 3 rings (SSSR count). The molecule has 2 N–H and O–H groups in total. The number of hydrogen-bond donors (Lipinski definition) is 2. The molecule has 27 heavy (non-hydrogen) atoms. The minimum absolute atomic E-state index is 0. The van der Waals surface area contributed by atoms with Gasteiger partial charge in [0.25, 0.3) is 0 Å². The molecule has 1 aromatic heterocycles. The Morgan fingerprint density at radius 2 is 2.00 bits per heavy atom. The van der Waals surface area contributed by atoms with E-state index in [2.05, 4.69) is 9.98 Å². The van der Waals surface area contributed by atoms with Gasteiger partial charge >= 0.3 is 35.5 Å². The van der Waals surface area contributed by atoms with Crippen LogP contribution in [0.15, 0.2) is 59.7 Å². The number of ether oxygens (including phenoxy) is 1. The van der Waals surface area contributed by atoms with Gasteiger partial charge in [-0.15, -0.1) is 0 Å². The van der Waals surface area contributed by atoms with Crippen LogP contribution in [0.2, 0.25) is 0 Å². The number of nitrogens with zero attached hydrogens (tertiary/aromatic N) is 1. The predicted octanol–water partition coefficient (Wildman–Crippen LogP) is -0.475. The number of fused-ring (bicyclic) bond motifs is 1. The standard InChI is InChI=1S/C20H20N2O4.Na/c1-13(23)22-19(20(24)25)9-15-11-21-18-8-7-16(10-17(15)18)26-12-14-5-3-2-4-6-14;/h2-8,10-11,19,21H,9,12H2,1H3,(H,22,23)(H,24,25);/q;+1/p-1/t19-;/m0./s1. The largest absolute Gasteiger partial charge is 1.00 e. The first kappa shape index (κ1) is 21.0. The van der Waals surface area contributed by atoms with Crippen molar-refractivity contribution in [2.75, 3.05) is 0 Å². The molecule has 1 heterocycles. The fraction of sp³-hybridized carbons (Fsp3) is 0.200. The van der Waals surface area contributed by atoms with Gasteiger partial charge in [0, 0.05) is 23.5 Å². The van der Waals surface area contributed by atoms with E-state index in [1.807, 2.05) is 48.5 Å². The Morgan fingerprint density at radius 1 is 1.26 bits per heavy atom. The van der Waals surface area contributed by atoms with Crippen molar-refractivity contribution in [3.63, 3.8) is 0 Å². The number of carboxylic acid groups (broad SMARTS) is 1. The number of aliphatic carboxylic acids is 1. The zero-order chi connectivity index (χ0) is 18.5. The molecule has 2 aromatic carbocycles. The average molecular weight is 374 g/mol. The van der Waals surface area contributed by atoms with Crippen LogP contribution >= 0.6 is 0 Å². The smallest absolute Gasteiger partial charge is 0.862 e. The molecule has 0 aliphatic rings. The van der Waals surface area contributed by atoms with Crippen molar-refractivity contribution in [1.82, 2.24) is 4.98 Å². The SMILES string of the molecule is CC([O-])=N[C@@H](Cc1c[nH]c2ccc(OCc3ccccc3)cc12)C(=O)O.[Na+]. The van der Waals surface area contributed by atoms with Crippen LogP contribution in [0.1, 0.15) is 18.1 Å². The number of aromatic nitrogens is 1. The molecule has 0 aliphatic heterocycles. The molecule has 134 valence electrons. The number of nitrogens with one attached hydrogen (secondary N) is 1. The molecule has 0 spiro atoms. The monoisotopic (exact) mass is 374 g/mol. The number of hydrogen-bond acceptors (Lipinski definition) is 4. The summed E-state index contributed by atoms with van der Waals surface area (Å²) in [6.07, 6.45) is 1.88. The van der Waals surface area contributed by atoms with Crippen LogP contribution in [0, 0.1) is 0 Å². The molecule has 0 radical (unpaired) electrons. The Labute approximate surface area is 179 Å². The Hall–Kier alpha value is -2.28. The van der Waals surface area contributed by atoms with Crippen molar-refractivity contribution in [2.45, 2.75) is 26.0 Å². The first-order chi connectivity index (χ1) is 12.5. The summed E-state index contributed by atoms with van der Waals surface area (Å²) in [5, 5.41) is 21.3. The third-order valence-electron chi connectivity index (χ3n) is 4.02. The van der Waals surface area contributed by atoms with E-state index in [0.29, 0.717) is 12.4 Å². The minimum Gasteiger partial charge on any atom is -0.862 e. The number of benzene rings is 2. The van der Waals surface area contributed by atoms with E-state index in [4.69, 9.17) is 4.74 Å². The molecular weight excluding hydrogens is 355 g/mol. The number of aromatic amines is 1. The second-order valence-electron chi connectivity index (χ2n) is 6.00. The second kappa shape index (κ2) is 9.60. The van der Waals surface area contributed by atoms with Crippen molar-refractivity contribution in [1.29, 1.82) is 0 Å². The van der Waals surface area contributed by atoms with Crippen molar-refractivity contribution in [3.8, 4) is 5.75 Å². The Morgan fingerprint density at radius 3 is 2.67 bits per heavy atom. The van der Waals surface area contributed by atoms with Crippen molar-refractivity contribution in [2.24, 2.45) is 4.99 Å². The number of carboxylic acids is 1. The maximum atomic E-state index is 11.3. The number of aliphatic imine (C=N–C) groups is 1. The summed E-state index contributed by atoms with van der Waals surface area (Å²) in [7, 11) is 0. The van der Waals surface area contributed by atoms with Gasteiger partial charge in [-0.1, -0.05) is 30.3 Å². The third kappa shape index (κ3) is 5.60. The van der Waals surface area contributed by atoms with Crippen LogP contribution in [-0.4, -0.2) is 28.0 Å². The Balaban J connectivity index is 0.00000261. The average Bonchev–Trinajstić information content (AvgIpc) is 3.02. The van der Waals surface area contributed by atoms with Gasteiger partial charge in [0.1, 0.15) is 18.4 Å². The summed E-state index contributed by atoms with van der Waals surface area (Å²) in [5.41, 5.74) is 2.72. The summed E-state index contributed by atoms with van der Waals surface area (Å²) in [4.78, 5) is 18.1. The topological polar surface area (TPSA) is 97.7 Å². The summed E-state index contributed by atoms with van der Waals surface area (Å²) in [5.74, 6) is -0.923. The van der Waals surface area contributed by atoms with E-state index in [9.17, 15) is 15.0 Å².